The molecule has 0 aliphatic heterocycles. The Hall–Kier alpha value is -1.35. The van der Waals surface area contributed by atoms with Crippen LogP contribution in [0.4, 0.5) is 4.39 Å². The molecule has 2 rings (SSSR count). The summed E-state index contributed by atoms with van der Waals surface area (Å²) in [6.07, 6.45) is 0. The molecule has 2 nitrogen and oxygen atoms in total. The second-order valence-corrected chi connectivity index (χ2v) is 4.96. The van der Waals surface area contributed by atoms with Crippen LogP contribution in [-0.4, -0.2) is 0 Å². The highest BCUT2D eigenvalue weighted by molar-refractivity contribution is 5.78. The average Bonchev–Trinajstić information content (AvgIpc) is 2.69. The number of hydrogen-bond acceptors (Lipinski definition) is 2. The zero-order chi connectivity index (χ0) is 12.6. The number of benzene rings is 1. The number of furan rings is 1. The summed E-state index contributed by atoms with van der Waals surface area (Å²) in [7, 11) is 0. The van der Waals surface area contributed by atoms with Crippen LogP contribution in [0.5, 0.6) is 0 Å². The van der Waals surface area contributed by atoms with Crippen LogP contribution in [0, 0.1) is 17.7 Å². The number of nitrogens with two attached hydrogens (primary N) is 1. The molecule has 0 aliphatic carbocycles. The lowest BCUT2D eigenvalue weighted by Crippen LogP contribution is -2.22. The maximum absolute atomic E-state index is 13.1. The van der Waals surface area contributed by atoms with Gasteiger partial charge in [-0.2, -0.15) is 0 Å². The van der Waals surface area contributed by atoms with Gasteiger partial charge >= 0.3 is 0 Å². The highest BCUT2D eigenvalue weighted by Gasteiger charge is 2.21. The first-order valence-electron chi connectivity index (χ1n) is 5.93. The summed E-state index contributed by atoms with van der Waals surface area (Å²) in [4.78, 5) is 0. The van der Waals surface area contributed by atoms with Crippen molar-refractivity contribution in [2.75, 3.05) is 0 Å². The van der Waals surface area contributed by atoms with E-state index in [9.17, 15) is 4.39 Å². The summed E-state index contributed by atoms with van der Waals surface area (Å²) in [5, 5.41) is 0.770. The van der Waals surface area contributed by atoms with Gasteiger partial charge in [-0.1, -0.05) is 20.8 Å². The predicted molar refractivity (Wildman–Crippen MR) is 67.1 cm³/mol. The Morgan fingerprint density at radius 3 is 2.53 bits per heavy atom. The average molecular weight is 235 g/mol. The van der Waals surface area contributed by atoms with E-state index in [4.69, 9.17) is 10.2 Å². The summed E-state index contributed by atoms with van der Waals surface area (Å²) < 4.78 is 18.7. The second-order valence-electron chi connectivity index (χ2n) is 4.96. The molecule has 0 aliphatic rings. The van der Waals surface area contributed by atoms with Crippen LogP contribution in [-0.2, 0) is 0 Å². The standard InChI is InChI=1S/C14H18FNO/c1-8(2)9(3)14(16)13-7-10-6-11(15)4-5-12(10)17-13/h4-9,14H,16H2,1-3H3. The molecule has 0 radical (unpaired) electrons. The van der Waals surface area contributed by atoms with Gasteiger partial charge in [0.1, 0.15) is 17.2 Å². The Bertz CT molecular complexity index is 518. The molecular formula is C14H18FNO. The van der Waals surface area contributed by atoms with Crippen molar-refractivity contribution in [2.45, 2.75) is 26.8 Å². The predicted octanol–water partition coefficient (Wildman–Crippen LogP) is 3.86. The lowest BCUT2D eigenvalue weighted by atomic mass is 9.89. The first-order valence-corrected chi connectivity index (χ1v) is 5.93. The number of rotatable bonds is 3. The van der Waals surface area contributed by atoms with Gasteiger partial charge in [0.25, 0.3) is 0 Å². The minimum Gasteiger partial charge on any atom is -0.459 e. The summed E-state index contributed by atoms with van der Waals surface area (Å²) in [5.41, 5.74) is 6.84. The lowest BCUT2D eigenvalue weighted by Gasteiger charge is -2.21. The minimum absolute atomic E-state index is 0.148. The quantitative estimate of drug-likeness (QED) is 0.877. The van der Waals surface area contributed by atoms with E-state index in [1.807, 2.05) is 6.07 Å². The van der Waals surface area contributed by atoms with Crippen molar-refractivity contribution in [3.8, 4) is 0 Å². The van der Waals surface area contributed by atoms with Crippen molar-refractivity contribution in [3.63, 3.8) is 0 Å². The molecule has 0 bridgehead atoms. The Morgan fingerprint density at radius 2 is 1.88 bits per heavy atom. The van der Waals surface area contributed by atoms with E-state index >= 15 is 0 Å². The van der Waals surface area contributed by atoms with Crippen LogP contribution in [0.15, 0.2) is 28.7 Å². The van der Waals surface area contributed by atoms with Gasteiger partial charge in [0, 0.05) is 5.39 Å². The SMILES string of the molecule is CC(C)C(C)C(N)c1cc2cc(F)ccc2o1. The van der Waals surface area contributed by atoms with Gasteiger partial charge in [-0.25, -0.2) is 4.39 Å². The van der Waals surface area contributed by atoms with E-state index in [0.717, 1.165) is 11.1 Å². The number of fused-ring (bicyclic) bond motifs is 1. The fraction of sp³-hybridized carbons (Fsp3) is 0.429. The molecule has 0 fully saturated rings. The van der Waals surface area contributed by atoms with E-state index < -0.39 is 0 Å². The molecule has 0 spiro atoms. The van der Waals surface area contributed by atoms with E-state index in [2.05, 4.69) is 20.8 Å². The first-order chi connectivity index (χ1) is 7.99. The summed E-state index contributed by atoms with van der Waals surface area (Å²) in [6.45, 7) is 6.36. The molecule has 1 heterocycles. The maximum atomic E-state index is 13.1. The Kier molecular flexibility index (Phi) is 3.20. The van der Waals surface area contributed by atoms with Crippen molar-refractivity contribution < 1.29 is 8.81 Å². The van der Waals surface area contributed by atoms with Crippen LogP contribution in [0.2, 0.25) is 0 Å². The molecule has 0 saturated heterocycles. The molecule has 2 aromatic rings. The van der Waals surface area contributed by atoms with Crippen molar-refractivity contribution in [2.24, 2.45) is 17.6 Å². The first kappa shape index (κ1) is 12.1. The maximum Gasteiger partial charge on any atom is 0.134 e. The van der Waals surface area contributed by atoms with Gasteiger partial charge in [-0.05, 0) is 36.1 Å². The van der Waals surface area contributed by atoms with Crippen LogP contribution in [0.1, 0.15) is 32.6 Å². The van der Waals surface area contributed by atoms with Crippen LogP contribution in [0.3, 0.4) is 0 Å². The minimum atomic E-state index is -0.254. The molecular weight excluding hydrogens is 217 g/mol. The zero-order valence-electron chi connectivity index (χ0n) is 10.4. The monoisotopic (exact) mass is 235 g/mol. The topological polar surface area (TPSA) is 39.2 Å². The van der Waals surface area contributed by atoms with E-state index in [1.54, 1.807) is 6.07 Å². The third-order valence-electron chi connectivity index (χ3n) is 3.44. The van der Waals surface area contributed by atoms with Gasteiger partial charge in [-0.15, -0.1) is 0 Å². The molecule has 2 unspecified atom stereocenters. The lowest BCUT2D eigenvalue weighted by molar-refractivity contribution is 0.317. The summed E-state index contributed by atoms with van der Waals surface area (Å²) in [5.74, 6) is 1.28. The third kappa shape index (κ3) is 2.34. The smallest absolute Gasteiger partial charge is 0.134 e. The molecule has 2 N–H and O–H groups in total. The normalized spacial score (nSPS) is 15.4. The zero-order valence-corrected chi connectivity index (χ0v) is 10.4. The van der Waals surface area contributed by atoms with Gasteiger partial charge in [0.2, 0.25) is 0 Å². The van der Waals surface area contributed by atoms with Gasteiger partial charge in [0.15, 0.2) is 0 Å². The molecule has 1 aromatic heterocycles. The third-order valence-corrected chi connectivity index (χ3v) is 3.44. The molecule has 2 atom stereocenters. The van der Waals surface area contributed by atoms with Crippen LogP contribution >= 0.6 is 0 Å². The van der Waals surface area contributed by atoms with E-state index in [1.165, 1.54) is 12.1 Å². The van der Waals surface area contributed by atoms with E-state index in [0.29, 0.717) is 17.4 Å². The number of hydrogen-bond donors (Lipinski definition) is 1. The summed E-state index contributed by atoms with van der Waals surface area (Å²) in [6, 6.07) is 6.19. The summed E-state index contributed by atoms with van der Waals surface area (Å²) >= 11 is 0. The second kappa shape index (κ2) is 4.49. The number of halogens is 1. The fourth-order valence-electron chi connectivity index (χ4n) is 1.87. The molecule has 17 heavy (non-hydrogen) atoms. The van der Waals surface area contributed by atoms with E-state index in [-0.39, 0.29) is 11.9 Å². The molecule has 0 amide bonds. The highest BCUT2D eigenvalue weighted by Crippen LogP contribution is 2.30. The van der Waals surface area contributed by atoms with Gasteiger partial charge < -0.3 is 10.2 Å². The van der Waals surface area contributed by atoms with Crippen molar-refractivity contribution >= 4 is 11.0 Å². The van der Waals surface area contributed by atoms with Crippen LogP contribution < -0.4 is 5.73 Å². The van der Waals surface area contributed by atoms with Crippen molar-refractivity contribution in [1.29, 1.82) is 0 Å². The molecule has 3 heteroatoms. The van der Waals surface area contributed by atoms with Crippen molar-refractivity contribution in [3.05, 3.63) is 35.8 Å². The van der Waals surface area contributed by atoms with Crippen LogP contribution in [0.25, 0.3) is 11.0 Å². The van der Waals surface area contributed by atoms with Gasteiger partial charge in [-0.3, -0.25) is 0 Å². The largest absolute Gasteiger partial charge is 0.459 e. The van der Waals surface area contributed by atoms with Gasteiger partial charge in [0.05, 0.1) is 6.04 Å². The Morgan fingerprint density at radius 1 is 1.18 bits per heavy atom. The molecule has 92 valence electrons. The highest BCUT2D eigenvalue weighted by atomic mass is 19.1. The fourth-order valence-corrected chi connectivity index (χ4v) is 1.87. The van der Waals surface area contributed by atoms with Crippen molar-refractivity contribution in [1.82, 2.24) is 0 Å². The Balaban J connectivity index is 2.36. The Labute approximate surface area is 101 Å². The molecule has 1 aromatic carbocycles. The molecule has 0 saturated carbocycles.